The zero-order valence-corrected chi connectivity index (χ0v) is 15.2. The van der Waals surface area contributed by atoms with Crippen LogP contribution >= 0.6 is 11.3 Å². The van der Waals surface area contributed by atoms with Crippen molar-refractivity contribution in [3.8, 4) is 11.5 Å². The largest absolute Gasteiger partial charge is 0.454 e. The number of carbonyl (C=O) groups is 2. The van der Waals surface area contributed by atoms with Gasteiger partial charge in [-0.05, 0) is 35.6 Å². The number of thiophene rings is 1. The molecule has 0 aliphatic carbocycles. The minimum absolute atomic E-state index is 0.107. The molecular formula is C18H19N3O4S. The van der Waals surface area contributed by atoms with Crippen molar-refractivity contribution in [2.75, 3.05) is 6.79 Å². The molecule has 0 saturated carbocycles. The summed E-state index contributed by atoms with van der Waals surface area (Å²) >= 11 is 1.51. The minimum atomic E-state index is -0.714. The molecule has 136 valence electrons. The van der Waals surface area contributed by atoms with Crippen LogP contribution in [0.25, 0.3) is 0 Å². The normalized spacial score (nSPS) is 13.8. The van der Waals surface area contributed by atoms with Gasteiger partial charge in [0.1, 0.15) is 6.04 Å². The first-order valence-corrected chi connectivity index (χ1v) is 8.99. The molecule has 0 bridgehead atoms. The molecule has 1 aliphatic heterocycles. The number of hydrazone groups is 1. The summed E-state index contributed by atoms with van der Waals surface area (Å²) in [6.07, 6.45) is 1.57. The average molecular weight is 373 g/mol. The maximum absolute atomic E-state index is 12.5. The van der Waals surface area contributed by atoms with Gasteiger partial charge in [-0.15, -0.1) is 11.3 Å². The van der Waals surface area contributed by atoms with Crippen molar-refractivity contribution in [3.63, 3.8) is 0 Å². The van der Waals surface area contributed by atoms with E-state index < -0.39 is 6.04 Å². The molecule has 7 nitrogen and oxygen atoms in total. The zero-order valence-electron chi connectivity index (χ0n) is 14.4. The first-order valence-electron chi connectivity index (χ1n) is 8.11. The number of rotatable bonds is 6. The molecule has 2 N–H and O–H groups in total. The summed E-state index contributed by atoms with van der Waals surface area (Å²) in [6.45, 7) is 3.85. The first kappa shape index (κ1) is 17.9. The van der Waals surface area contributed by atoms with Crippen molar-refractivity contribution in [1.82, 2.24) is 10.7 Å². The first-order chi connectivity index (χ1) is 12.5. The van der Waals surface area contributed by atoms with E-state index in [2.05, 4.69) is 15.8 Å². The summed E-state index contributed by atoms with van der Waals surface area (Å²) in [6, 6.07) is 7.98. The third-order valence-electron chi connectivity index (χ3n) is 3.78. The zero-order chi connectivity index (χ0) is 18.5. The van der Waals surface area contributed by atoms with Crippen LogP contribution in [0.15, 0.2) is 40.8 Å². The highest BCUT2D eigenvalue weighted by Gasteiger charge is 2.25. The van der Waals surface area contributed by atoms with Crippen LogP contribution in [0.3, 0.4) is 0 Å². The molecule has 1 aliphatic rings. The summed E-state index contributed by atoms with van der Waals surface area (Å²) in [7, 11) is 0. The van der Waals surface area contributed by atoms with Crippen LogP contribution in [0.5, 0.6) is 11.5 Å². The Kier molecular flexibility index (Phi) is 5.52. The van der Waals surface area contributed by atoms with Gasteiger partial charge in [0.25, 0.3) is 11.8 Å². The molecule has 1 aromatic heterocycles. The van der Waals surface area contributed by atoms with Gasteiger partial charge in [0.05, 0.1) is 6.21 Å². The Hall–Kier alpha value is -2.87. The van der Waals surface area contributed by atoms with Gasteiger partial charge in [-0.2, -0.15) is 5.10 Å². The predicted molar refractivity (Wildman–Crippen MR) is 98.7 cm³/mol. The van der Waals surface area contributed by atoms with Crippen molar-refractivity contribution in [2.45, 2.75) is 19.9 Å². The van der Waals surface area contributed by atoms with Gasteiger partial charge in [0, 0.05) is 10.4 Å². The number of hydrogen-bond acceptors (Lipinski definition) is 6. The number of ether oxygens (including phenoxy) is 2. The highest BCUT2D eigenvalue weighted by atomic mass is 32.1. The molecule has 2 heterocycles. The van der Waals surface area contributed by atoms with E-state index in [9.17, 15) is 9.59 Å². The fourth-order valence-corrected chi connectivity index (χ4v) is 2.98. The lowest BCUT2D eigenvalue weighted by Gasteiger charge is -2.20. The molecule has 0 spiro atoms. The van der Waals surface area contributed by atoms with Gasteiger partial charge in [-0.25, -0.2) is 5.43 Å². The van der Waals surface area contributed by atoms with Crippen LogP contribution in [-0.2, 0) is 4.79 Å². The lowest BCUT2D eigenvalue weighted by atomic mass is 10.0. The molecule has 2 amide bonds. The van der Waals surface area contributed by atoms with Gasteiger partial charge in [0.2, 0.25) is 6.79 Å². The van der Waals surface area contributed by atoms with Gasteiger partial charge in [-0.1, -0.05) is 19.9 Å². The Labute approximate surface area is 155 Å². The minimum Gasteiger partial charge on any atom is -0.454 e. The molecule has 3 rings (SSSR count). The number of nitrogens with one attached hydrogen (secondary N) is 2. The quantitative estimate of drug-likeness (QED) is 0.601. The molecular weight excluding hydrogens is 354 g/mol. The number of carbonyl (C=O) groups excluding carboxylic acids is 2. The van der Waals surface area contributed by atoms with Crippen molar-refractivity contribution in [2.24, 2.45) is 11.0 Å². The molecule has 1 aromatic carbocycles. The highest BCUT2D eigenvalue weighted by molar-refractivity contribution is 7.11. The van der Waals surface area contributed by atoms with E-state index >= 15 is 0 Å². The Balaban J connectivity index is 1.64. The van der Waals surface area contributed by atoms with E-state index in [0.717, 1.165) is 4.88 Å². The smallest absolute Gasteiger partial charge is 0.262 e. The van der Waals surface area contributed by atoms with Gasteiger partial charge < -0.3 is 14.8 Å². The van der Waals surface area contributed by atoms with Crippen LogP contribution in [-0.4, -0.2) is 30.9 Å². The maximum Gasteiger partial charge on any atom is 0.262 e. The van der Waals surface area contributed by atoms with E-state index in [-0.39, 0.29) is 24.5 Å². The van der Waals surface area contributed by atoms with Crippen molar-refractivity contribution < 1.29 is 19.1 Å². The second-order valence-electron chi connectivity index (χ2n) is 6.01. The van der Waals surface area contributed by atoms with Crippen LogP contribution in [0.2, 0.25) is 0 Å². The molecule has 0 radical (unpaired) electrons. The third kappa shape index (κ3) is 4.20. The summed E-state index contributed by atoms with van der Waals surface area (Å²) in [5, 5.41) is 8.61. The Morgan fingerprint density at radius 1 is 1.23 bits per heavy atom. The molecule has 8 heteroatoms. The van der Waals surface area contributed by atoms with Gasteiger partial charge >= 0.3 is 0 Å². The Bertz CT molecular complexity index is 818. The summed E-state index contributed by atoms with van der Waals surface area (Å²) in [5.74, 6) is 0.276. The number of nitrogens with zero attached hydrogens (tertiary/aromatic N) is 1. The topological polar surface area (TPSA) is 89.0 Å². The maximum atomic E-state index is 12.5. The van der Waals surface area contributed by atoms with Gasteiger partial charge in [-0.3, -0.25) is 9.59 Å². The number of amides is 2. The van der Waals surface area contributed by atoms with E-state index in [1.54, 1.807) is 24.4 Å². The van der Waals surface area contributed by atoms with Crippen molar-refractivity contribution in [3.05, 3.63) is 46.2 Å². The van der Waals surface area contributed by atoms with Crippen LogP contribution < -0.4 is 20.2 Å². The number of fused-ring (bicyclic) bond motifs is 1. The lowest BCUT2D eigenvalue weighted by Crippen LogP contribution is -2.48. The van der Waals surface area contributed by atoms with Crippen molar-refractivity contribution in [1.29, 1.82) is 0 Å². The summed E-state index contributed by atoms with van der Waals surface area (Å²) in [4.78, 5) is 25.8. The van der Waals surface area contributed by atoms with Gasteiger partial charge in [0.15, 0.2) is 11.5 Å². The fraction of sp³-hybridized carbons (Fsp3) is 0.278. The lowest BCUT2D eigenvalue weighted by molar-refractivity contribution is -0.123. The third-order valence-corrected chi connectivity index (χ3v) is 4.59. The second-order valence-corrected chi connectivity index (χ2v) is 6.99. The van der Waals surface area contributed by atoms with Crippen LogP contribution in [0, 0.1) is 5.92 Å². The molecule has 26 heavy (non-hydrogen) atoms. The number of hydrogen-bond donors (Lipinski definition) is 2. The molecule has 0 fully saturated rings. The second kappa shape index (κ2) is 8.01. The predicted octanol–water partition coefficient (Wildman–Crippen LogP) is 2.38. The van der Waals surface area contributed by atoms with E-state index in [4.69, 9.17) is 9.47 Å². The standard InChI is InChI=1S/C18H19N3O4S/c1-11(2)16(18(23)21-19-9-13-4-3-7-26-13)20-17(22)12-5-6-14-15(8-12)25-10-24-14/h3-9,11,16H,10H2,1-2H3,(H,20,22)(H,21,23)/b19-9+/t16-/m0/s1. The van der Waals surface area contributed by atoms with E-state index in [1.807, 2.05) is 31.4 Å². The van der Waals surface area contributed by atoms with E-state index in [1.165, 1.54) is 11.3 Å². The average Bonchev–Trinajstić information content (AvgIpc) is 3.29. The molecule has 0 saturated heterocycles. The number of benzene rings is 1. The summed E-state index contributed by atoms with van der Waals surface area (Å²) < 4.78 is 10.5. The fourth-order valence-electron chi connectivity index (χ4n) is 2.39. The highest BCUT2D eigenvalue weighted by Crippen LogP contribution is 2.32. The monoisotopic (exact) mass is 373 g/mol. The molecule has 2 aromatic rings. The molecule has 1 atom stereocenters. The SMILES string of the molecule is CC(C)[C@H](NC(=O)c1ccc2c(c1)OCO2)C(=O)N/N=C/c1cccs1. The Morgan fingerprint density at radius 2 is 2.04 bits per heavy atom. The van der Waals surface area contributed by atoms with Crippen molar-refractivity contribution >= 4 is 29.4 Å². The Morgan fingerprint density at radius 3 is 2.77 bits per heavy atom. The van der Waals surface area contributed by atoms with Crippen LogP contribution in [0.1, 0.15) is 29.1 Å². The van der Waals surface area contributed by atoms with Crippen LogP contribution in [0.4, 0.5) is 0 Å². The van der Waals surface area contributed by atoms with E-state index in [0.29, 0.717) is 17.1 Å². The summed E-state index contributed by atoms with van der Waals surface area (Å²) in [5.41, 5.74) is 2.88. The molecule has 0 unspecified atom stereocenters.